The van der Waals surface area contributed by atoms with Gasteiger partial charge in [-0.3, -0.25) is 9.78 Å². The van der Waals surface area contributed by atoms with Crippen LogP contribution in [0.25, 0.3) is 0 Å². The van der Waals surface area contributed by atoms with Crippen LogP contribution < -0.4 is 4.90 Å². The molecule has 2 unspecified atom stereocenters. The fourth-order valence-corrected chi connectivity index (χ4v) is 3.75. The van der Waals surface area contributed by atoms with E-state index in [1.165, 1.54) is 0 Å². The fraction of sp³-hybridized carbons (Fsp3) is 0.348. The minimum atomic E-state index is -0.0991. The van der Waals surface area contributed by atoms with Crippen LogP contribution in [0.2, 0.25) is 0 Å². The molecule has 0 aromatic carbocycles. The Balaban J connectivity index is 1.51. The summed E-state index contributed by atoms with van der Waals surface area (Å²) < 4.78 is 11.3. The molecule has 1 saturated heterocycles. The number of nitrogens with zero attached hydrogens (tertiary/aromatic N) is 4. The van der Waals surface area contributed by atoms with Crippen LogP contribution in [0, 0.1) is 0 Å². The van der Waals surface area contributed by atoms with E-state index in [0.717, 1.165) is 30.2 Å². The van der Waals surface area contributed by atoms with Crippen molar-refractivity contribution in [1.82, 2.24) is 14.9 Å². The highest BCUT2D eigenvalue weighted by atomic mass is 16.5. The fourth-order valence-electron chi connectivity index (χ4n) is 3.75. The Morgan fingerprint density at radius 2 is 1.93 bits per heavy atom. The Labute approximate surface area is 176 Å². The first-order valence-corrected chi connectivity index (χ1v) is 10.2. The van der Waals surface area contributed by atoms with Gasteiger partial charge in [-0.25, -0.2) is 4.98 Å². The van der Waals surface area contributed by atoms with E-state index in [1.807, 2.05) is 36.4 Å². The maximum atomic E-state index is 13.3. The Morgan fingerprint density at radius 1 is 1.10 bits per heavy atom. The molecule has 4 rings (SSSR count). The van der Waals surface area contributed by atoms with Gasteiger partial charge in [0.2, 0.25) is 0 Å². The van der Waals surface area contributed by atoms with Crippen molar-refractivity contribution in [2.45, 2.75) is 39.1 Å². The van der Waals surface area contributed by atoms with E-state index in [9.17, 15) is 4.79 Å². The van der Waals surface area contributed by atoms with Crippen LogP contribution in [-0.2, 0) is 17.8 Å². The Bertz CT molecular complexity index is 934. The lowest BCUT2D eigenvalue weighted by Gasteiger charge is -2.36. The highest BCUT2D eigenvalue weighted by Crippen LogP contribution is 2.20. The summed E-state index contributed by atoms with van der Waals surface area (Å²) in [7, 11) is 0. The number of ether oxygens (including phenoxy) is 1. The smallest absolute Gasteiger partial charge is 0.256 e. The molecule has 2 atom stereocenters. The molecule has 0 spiro atoms. The average molecular weight is 406 g/mol. The molecule has 0 aliphatic carbocycles. The maximum absolute atomic E-state index is 13.3. The molecular weight excluding hydrogens is 380 g/mol. The average Bonchev–Trinajstić information content (AvgIpc) is 3.26. The lowest BCUT2D eigenvalue weighted by atomic mass is 10.2. The van der Waals surface area contributed by atoms with Gasteiger partial charge in [0.1, 0.15) is 11.6 Å². The second kappa shape index (κ2) is 9.09. The topological polar surface area (TPSA) is 71.7 Å². The molecule has 0 saturated carbocycles. The normalized spacial score (nSPS) is 18.9. The van der Waals surface area contributed by atoms with Crippen molar-refractivity contribution in [1.29, 1.82) is 0 Å². The molecule has 7 nitrogen and oxygen atoms in total. The molecule has 30 heavy (non-hydrogen) atoms. The molecule has 3 aromatic rings. The molecule has 0 bridgehead atoms. The molecule has 0 N–H and O–H groups in total. The number of carbonyl (C=O) groups excluding carboxylic acids is 1. The number of morpholine rings is 1. The molecule has 0 radical (unpaired) electrons. The predicted octanol–water partition coefficient (Wildman–Crippen LogP) is 3.53. The highest BCUT2D eigenvalue weighted by Gasteiger charge is 2.24. The third-order valence-corrected chi connectivity index (χ3v) is 5.05. The Kier molecular flexibility index (Phi) is 6.09. The van der Waals surface area contributed by atoms with Crippen molar-refractivity contribution in [3.8, 4) is 0 Å². The lowest BCUT2D eigenvalue weighted by Crippen LogP contribution is -2.45. The van der Waals surface area contributed by atoms with Gasteiger partial charge >= 0.3 is 0 Å². The van der Waals surface area contributed by atoms with Gasteiger partial charge in [0, 0.05) is 38.2 Å². The minimum Gasteiger partial charge on any atom is -0.467 e. The van der Waals surface area contributed by atoms with E-state index < -0.39 is 0 Å². The summed E-state index contributed by atoms with van der Waals surface area (Å²) >= 11 is 0. The van der Waals surface area contributed by atoms with Gasteiger partial charge in [-0.1, -0.05) is 6.07 Å². The van der Waals surface area contributed by atoms with Crippen LogP contribution in [0.3, 0.4) is 0 Å². The zero-order chi connectivity index (χ0) is 20.9. The third-order valence-electron chi connectivity index (χ3n) is 5.05. The quantitative estimate of drug-likeness (QED) is 0.624. The van der Waals surface area contributed by atoms with Gasteiger partial charge in [0.25, 0.3) is 5.91 Å². The lowest BCUT2D eigenvalue weighted by molar-refractivity contribution is -0.00546. The van der Waals surface area contributed by atoms with Crippen molar-refractivity contribution in [3.05, 3.63) is 78.1 Å². The predicted molar refractivity (Wildman–Crippen MR) is 113 cm³/mol. The van der Waals surface area contributed by atoms with Gasteiger partial charge in [-0.2, -0.15) is 0 Å². The van der Waals surface area contributed by atoms with Crippen LogP contribution in [0.15, 0.2) is 65.7 Å². The van der Waals surface area contributed by atoms with E-state index in [4.69, 9.17) is 9.15 Å². The van der Waals surface area contributed by atoms with E-state index in [0.29, 0.717) is 18.7 Å². The van der Waals surface area contributed by atoms with Gasteiger partial charge < -0.3 is 19.0 Å². The van der Waals surface area contributed by atoms with Gasteiger partial charge in [0.15, 0.2) is 0 Å². The zero-order valence-electron chi connectivity index (χ0n) is 17.3. The van der Waals surface area contributed by atoms with Gasteiger partial charge in [-0.05, 0) is 49.7 Å². The summed E-state index contributed by atoms with van der Waals surface area (Å²) in [5.74, 6) is 1.49. The number of aromatic nitrogens is 2. The first kappa shape index (κ1) is 20.1. The number of hydrogen-bond donors (Lipinski definition) is 0. The van der Waals surface area contributed by atoms with Crippen LogP contribution in [0.5, 0.6) is 0 Å². The largest absolute Gasteiger partial charge is 0.467 e. The molecule has 156 valence electrons. The highest BCUT2D eigenvalue weighted by molar-refractivity contribution is 5.94. The van der Waals surface area contributed by atoms with Crippen LogP contribution in [-0.4, -0.2) is 46.1 Å². The minimum absolute atomic E-state index is 0.0991. The number of hydrogen-bond acceptors (Lipinski definition) is 6. The van der Waals surface area contributed by atoms with Gasteiger partial charge in [0.05, 0.1) is 30.6 Å². The number of rotatable bonds is 6. The van der Waals surface area contributed by atoms with E-state index in [2.05, 4.69) is 28.7 Å². The molecular formula is C23H26N4O3. The summed E-state index contributed by atoms with van der Waals surface area (Å²) in [6.07, 6.45) is 7.06. The van der Waals surface area contributed by atoms with Crippen molar-refractivity contribution in [2.24, 2.45) is 0 Å². The summed E-state index contributed by atoms with van der Waals surface area (Å²) in [4.78, 5) is 25.9. The molecule has 1 aliphatic heterocycles. The Morgan fingerprint density at radius 3 is 2.57 bits per heavy atom. The third kappa shape index (κ3) is 4.86. The van der Waals surface area contributed by atoms with E-state index >= 15 is 0 Å². The van der Waals surface area contributed by atoms with Crippen molar-refractivity contribution in [2.75, 3.05) is 18.0 Å². The number of furan rings is 1. The molecule has 3 aromatic heterocycles. The second-order valence-corrected chi connectivity index (χ2v) is 7.67. The summed E-state index contributed by atoms with van der Waals surface area (Å²) in [6, 6.07) is 11.3. The monoisotopic (exact) mass is 406 g/mol. The first-order valence-electron chi connectivity index (χ1n) is 10.2. The van der Waals surface area contributed by atoms with E-state index in [1.54, 1.807) is 29.8 Å². The Hall–Kier alpha value is -3.19. The van der Waals surface area contributed by atoms with Crippen molar-refractivity contribution in [3.63, 3.8) is 0 Å². The van der Waals surface area contributed by atoms with Crippen LogP contribution in [0.1, 0.15) is 35.5 Å². The zero-order valence-corrected chi connectivity index (χ0v) is 17.3. The molecule has 1 amide bonds. The van der Waals surface area contributed by atoms with Crippen molar-refractivity contribution < 1.29 is 13.9 Å². The molecule has 7 heteroatoms. The number of amides is 1. The number of anilines is 1. The van der Waals surface area contributed by atoms with Crippen molar-refractivity contribution >= 4 is 11.7 Å². The summed E-state index contributed by atoms with van der Waals surface area (Å²) in [5, 5.41) is 0. The summed E-state index contributed by atoms with van der Waals surface area (Å²) in [6.45, 7) is 6.51. The standard InChI is InChI=1S/C23H26N4O3/c1-17-13-26(14-18(2)30-17)22-8-7-20(12-25-22)23(28)27(16-21-6-4-10-29-21)15-19-5-3-9-24-11-19/h3-12,17-18H,13-16H2,1-2H3. The SMILES string of the molecule is CC1CN(c2ccc(C(=O)N(Cc3cccnc3)Cc3ccco3)cn2)CC(C)O1. The second-order valence-electron chi connectivity index (χ2n) is 7.67. The van der Waals surface area contributed by atoms with E-state index in [-0.39, 0.29) is 18.1 Å². The summed E-state index contributed by atoms with van der Waals surface area (Å²) in [5.41, 5.74) is 1.50. The molecule has 4 heterocycles. The first-order chi connectivity index (χ1) is 14.6. The maximum Gasteiger partial charge on any atom is 0.256 e. The number of pyridine rings is 2. The molecule has 1 aliphatic rings. The van der Waals surface area contributed by atoms with Crippen LogP contribution >= 0.6 is 0 Å². The number of carbonyl (C=O) groups is 1. The van der Waals surface area contributed by atoms with Gasteiger partial charge in [-0.15, -0.1) is 0 Å². The van der Waals surface area contributed by atoms with Crippen LogP contribution in [0.4, 0.5) is 5.82 Å². The molecule has 1 fully saturated rings.